The van der Waals surface area contributed by atoms with E-state index in [1.165, 1.54) is 25.1 Å². The third kappa shape index (κ3) is 3.91. The fourth-order valence-corrected chi connectivity index (χ4v) is 3.50. The van der Waals surface area contributed by atoms with Gasteiger partial charge in [-0.05, 0) is 35.2 Å². The van der Waals surface area contributed by atoms with Gasteiger partial charge < -0.3 is 25.2 Å². The first-order valence-electron chi connectivity index (χ1n) is 8.77. The van der Waals surface area contributed by atoms with Crippen molar-refractivity contribution in [3.05, 3.63) is 69.2 Å². The maximum absolute atomic E-state index is 14.2. The normalized spacial score (nSPS) is 27.8. The number of hydrogen-bond acceptors (Lipinski definition) is 5. The number of aliphatic hydroxyl groups excluding tert-OH is 4. The van der Waals surface area contributed by atoms with E-state index in [1.54, 1.807) is 12.1 Å². The van der Waals surface area contributed by atoms with Crippen molar-refractivity contribution in [3.63, 3.8) is 0 Å². The van der Waals surface area contributed by atoms with E-state index in [4.69, 9.17) is 16.3 Å². The first-order valence-corrected chi connectivity index (χ1v) is 9.14. The van der Waals surface area contributed by atoms with E-state index >= 15 is 0 Å². The van der Waals surface area contributed by atoms with Gasteiger partial charge >= 0.3 is 0 Å². The smallest absolute Gasteiger partial charge is 0.162 e. The van der Waals surface area contributed by atoms with Crippen LogP contribution in [0.15, 0.2) is 30.3 Å². The maximum Gasteiger partial charge on any atom is 0.162 e. The number of aryl methyl sites for hydroxylation is 1. The molecule has 1 heterocycles. The van der Waals surface area contributed by atoms with Crippen LogP contribution in [0, 0.1) is 18.6 Å². The van der Waals surface area contributed by atoms with Crippen LogP contribution in [-0.4, -0.2) is 51.4 Å². The number of benzene rings is 2. The molecule has 1 aliphatic rings. The van der Waals surface area contributed by atoms with Crippen LogP contribution in [0.5, 0.6) is 0 Å². The largest absolute Gasteiger partial charge is 0.394 e. The summed E-state index contributed by atoms with van der Waals surface area (Å²) < 4.78 is 33.6. The second-order valence-corrected chi connectivity index (χ2v) is 7.35. The number of hydrogen-bond donors (Lipinski definition) is 4. The molecule has 0 spiro atoms. The van der Waals surface area contributed by atoms with Crippen molar-refractivity contribution in [2.24, 2.45) is 0 Å². The molecule has 0 saturated carbocycles. The van der Waals surface area contributed by atoms with Crippen LogP contribution in [0.1, 0.15) is 28.4 Å². The zero-order valence-corrected chi connectivity index (χ0v) is 15.8. The predicted molar refractivity (Wildman–Crippen MR) is 98.1 cm³/mol. The Bertz CT molecular complexity index is 861. The summed E-state index contributed by atoms with van der Waals surface area (Å²) in [4.78, 5) is 0. The average molecular weight is 415 g/mol. The van der Waals surface area contributed by atoms with Crippen molar-refractivity contribution in [1.82, 2.24) is 0 Å². The molecular weight excluding hydrogens is 394 g/mol. The average Bonchev–Trinajstić information content (AvgIpc) is 2.68. The van der Waals surface area contributed by atoms with Gasteiger partial charge in [0.2, 0.25) is 0 Å². The highest BCUT2D eigenvalue weighted by Crippen LogP contribution is 2.34. The lowest BCUT2D eigenvalue weighted by atomic mass is 9.90. The second-order valence-electron chi connectivity index (χ2n) is 6.95. The molecule has 5 nitrogen and oxygen atoms in total. The summed E-state index contributed by atoms with van der Waals surface area (Å²) >= 11 is 6.20. The van der Waals surface area contributed by atoms with Gasteiger partial charge in [-0.25, -0.2) is 8.78 Å². The van der Waals surface area contributed by atoms with E-state index in [9.17, 15) is 29.2 Å². The molecule has 0 amide bonds. The van der Waals surface area contributed by atoms with Gasteiger partial charge in [-0.3, -0.25) is 0 Å². The Morgan fingerprint density at radius 2 is 1.68 bits per heavy atom. The van der Waals surface area contributed by atoms with Gasteiger partial charge in [0.15, 0.2) is 11.6 Å². The van der Waals surface area contributed by atoms with Gasteiger partial charge in [-0.15, -0.1) is 0 Å². The highest BCUT2D eigenvalue weighted by molar-refractivity contribution is 6.31. The molecule has 3 rings (SSSR count). The van der Waals surface area contributed by atoms with Crippen molar-refractivity contribution in [2.45, 2.75) is 43.9 Å². The SMILES string of the molecule is Cc1ccc(Cc2cc([C@@H]3OC(CO)[C@@H](O)[C@H](O)[C@H]3O)ccc2Cl)c(F)c1F. The monoisotopic (exact) mass is 414 g/mol. The summed E-state index contributed by atoms with van der Waals surface area (Å²) in [7, 11) is 0. The Labute approximate surface area is 165 Å². The molecule has 1 saturated heterocycles. The molecule has 152 valence electrons. The molecule has 8 heteroatoms. The first kappa shape index (κ1) is 21.1. The molecule has 2 aromatic carbocycles. The fraction of sp³-hybridized carbons (Fsp3) is 0.400. The standard InChI is InChI=1S/C20H21ClF2O5/c1-9-2-3-10(16(23)15(9)22)6-12-7-11(4-5-13(12)21)20-19(27)18(26)17(25)14(8-24)28-20/h2-5,7,14,17-20,24-27H,6,8H2,1H3/t14?,17-,18+,19-,20+/m1/s1. The van der Waals surface area contributed by atoms with E-state index < -0.39 is 48.8 Å². The first-order chi connectivity index (χ1) is 13.2. The molecule has 0 bridgehead atoms. The van der Waals surface area contributed by atoms with Gasteiger partial charge in [0.25, 0.3) is 0 Å². The van der Waals surface area contributed by atoms with Crippen LogP contribution in [0.2, 0.25) is 5.02 Å². The predicted octanol–water partition coefficient (Wildman–Crippen LogP) is 2.03. The van der Waals surface area contributed by atoms with Crippen molar-refractivity contribution >= 4 is 11.6 Å². The Morgan fingerprint density at radius 1 is 0.964 bits per heavy atom. The van der Waals surface area contributed by atoms with Crippen molar-refractivity contribution < 1.29 is 33.9 Å². The number of ether oxygens (including phenoxy) is 1. The van der Waals surface area contributed by atoms with Crippen LogP contribution in [-0.2, 0) is 11.2 Å². The minimum Gasteiger partial charge on any atom is -0.394 e. The van der Waals surface area contributed by atoms with Crippen molar-refractivity contribution in [3.8, 4) is 0 Å². The molecule has 5 atom stereocenters. The quantitative estimate of drug-likeness (QED) is 0.614. The summed E-state index contributed by atoms with van der Waals surface area (Å²) in [6.07, 6.45) is -6.50. The van der Waals surface area contributed by atoms with Crippen molar-refractivity contribution in [2.75, 3.05) is 6.61 Å². The van der Waals surface area contributed by atoms with Crippen LogP contribution < -0.4 is 0 Å². The lowest BCUT2D eigenvalue weighted by Gasteiger charge is -2.40. The maximum atomic E-state index is 14.2. The topological polar surface area (TPSA) is 90.2 Å². The summed E-state index contributed by atoms with van der Waals surface area (Å²) in [5.41, 5.74) is 1.21. The van der Waals surface area contributed by atoms with E-state index in [0.717, 1.165) is 0 Å². The van der Waals surface area contributed by atoms with Crippen LogP contribution in [0.25, 0.3) is 0 Å². The second kappa shape index (κ2) is 8.41. The number of halogens is 3. The molecular formula is C20H21ClF2O5. The molecule has 2 aromatic rings. The molecule has 1 fully saturated rings. The molecule has 1 unspecified atom stereocenters. The molecule has 0 aliphatic carbocycles. The van der Waals surface area contributed by atoms with Gasteiger partial charge in [0.1, 0.15) is 30.5 Å². The highest BCUT2D eigenvalue weighted by Gasteiger charge is 2.44. The Balaban J connectivity index is 1.92. The third-order valence-corrected chi connectivity index (χ3v) is 5.40. The zero-order chi connectivity index (χ0) is 20.6. The van der Waals surface area contributed by atoms with Crippen LogP contribution in [0.3, 0.4) is 0 Å². The minimum absolute atomic E-state index is 0.00707. The lowest BCUT2D eigenvalue weighted by Crippen LogP contribution is -2.55. The molecule has 1 aliphatic heterocycles. The van der Waals surface area contributed by atoms with Crippen LogP contribution >= 0.6 is 11.6 Å². The Kier molecular flexibility index (Phi) is 6.34. The lowest BCUT2D eigenvalue weighted by molar-refractivity contribution is -0.231. The van der Waals surface area contributed by atoms with E-state index in [2.05, 4.69) is 0 Å². The minimum atomic E-state index is -1.52. The summed E-state index contributed by atoms with van der Waals surface area (Å²) in [5.74, 6) is -1.87. The van der Waals surface area contributed by atoms with Gasteiger partial charge in [0.05, 0.1) is 6.61 Å². The highest BCUT2D eigenvalue weighted by atomic mass is 35.5. The molecule has 4 N–H and O–H groups in total. The summed E-state index contributed by atoms with van der Waals surface area (Å²) in [6.45, 7) is 0.921. The fourth-order valence-electron chi connectivity index (χ4n) is 3.31. The van der Waals surface area contributed by atoms with Crippen molar-refractivity contribution in [1.29, 1.82) is 0 Å². The Morgan fingerprint density at radius 3 is 2.36 bits per heavy atom. The number of rotatable bonds is 4. The Hall–Kier alpha value is -1.61. The summed E-state index contributed by atoms with van der Waals surface area (Å²) in [5, 5.41) is 39.8. The van der Waals surface area contributed by atoms with E-state index in [1.807, 2.05) is 0 Å². The van der Waals surface area contributed by atoms with Gasteiger partial charge in [-0.1, -0.05) is 35.9 Å². The molecule has 0 aromatic heterocycles. The molecule has 0 radical (unpaired) electrons. The van der Waals surface area contributed by atoms with E-state index in [-0.39, 0.29) is 17.5 Å². The van der Waals surface area contributed by atoms with Gasteiger partial charge in [0, 0.05) is 11.4 Å². The van der Waals surface area contributed by atoms with E-state index in [0.29, 0.717) is 16.1 Å². The van der Waals surface area contributed by atoms with Crippen LogP contribution in [0.4, 0.5) is 8.78 Å². The molecule has 28 heavy (non-hydrogen) atoms. The third-order valence-electron chi connectivity index (χ3n) is 5.03. The summed E-state index contributed by atoms with van der Waals surface area (Å²) in [6, 6.07) is 7.60. The van der Waals surface area contributed by atoms with Gasteiger partial charge in [-0.2, -0.15) is 0 Å². The number of aliphatic hydroxyl groups is 4. The zero-order valence-electron chi connectivity index (χ0n) is 15.0.